The van der Waals surface area contributed by atoms with E-state index in [2.05, 4.69) is 10.4 Å². The highest BCUT2D eigenvalue weighted by Crippen LogP contribution is 2.16. The molecule has 0 saturated heterocycles. The average molecular weight is 295 g/mol. The number of ether oxygens (including phenoxy) is 1. The van der Waals surface area contributed by atoms with Crippen LogP contribution in [0.4, 0.5) is 0 Å². The average Bonchev–Trinajstić information content (AvgIpc) is 2.86. The second-order valence-electron chi connectivity index (χ2n) is 4.62. The number of rotatable bonds is 7. The molecule has 0 saturated carbocycles. The lowest BCUT2D eigenvalue weighted by atomic mass is 10.1. The van der Waals surface area contributed by atoms with Gasteiger partial charge in [0.15, 0.2) is 0 Å². The largest absolute Gasteiger partial charge is 0.492 e. The fourth-order valence-electron chi connectivity index (χ4n) is 1.88. The van der Waals surface area contributed by atoms with Gasteiger partial charge in [0, 0.05) is 30.9 Å². The number of aryl methyl sites for hydroxylation is 2. The molecule has 1 heterocycles. The van der Waals surface area contributed by atoms with Crippen molar-refractivity contribution in [3.05, 3.63) is 47.5 Å². The number of hydrazine groups is 1. The molecule has 6 heteroatoms. The Bertz CT molecular complexity index is 526. The summed E-state index contributed by atoms with van der Waals surface area (Å²) in [4.78, 5) is 4.29. The first-order chi connectivity index (χ1) is 9.69. The van der Waals surface area contributed by atoms with Crippen LogP contribution in [-0.2, 0) is 13.5 Å². The van der Waals surface area contributed by atoms with Gasteiger partial charge in [-0.3, -0.25) is 11.3 Å². The number of hydrogen-bond donors (Lipinski definition) is 2. The molecule has 2 rings (SSSR count). The lowest BCUT2D eigenvalue weighted by molar-refractivity contribution is 0.257. The maximum absolute atomic E-state index is 5.83. The quantitative estimate of drug-likeness (QED) is 0.605. The normalized spacial score (nSPS) is 12.3. The second-order valence-corrected chi connectivity index (χ2v) is 5.06. The highest BCUT2D eigenvalue weighted by atomic mass is 35.5. The van der Waals surface area contributed by atoms with Crippen molar-refractivity contribution in [1.82, 2.24) is 15.0 Å². The Hall–Kier alpha value is -1.56. The molecular formula is C14H19ClN4O. The maximum atomic E-state index is 5.83. The zero-order valence-corrected chi connectivity index (χ0v) is 12.2. The third-order valence-electron chi connectivity index (χ3n) is 3.14. The van der Waals surface area contributed by atoms with Crippen molar-refractivity contribution in [2.75, 3.05) is 6.61 Å². The number of nitrogens with one attached hydrogen (secondary N) is 1. The van der Waals surface area contributed by atoms with E-state index in [0.29, 0.717) is 11.6 Å². The van der Waals surface area contributed by atoms with Crippen molar-refractivity contribution in [3.8, 4) is 5.75 Å². The van der Waals surface area contributed by atoms with Crippen LogP contribution in [0.5, 0.6) is 5.75 Å². The summed E-state index contributed by atoms with van der Waals surface area (Å²) in [5.74, 6) is 7.38. The molecule has 0 aliphatic rings. The van der Waals surface area contributed by atoms with Crippen LogP contribution in [0.2, 0.25) is 5.02 Å². The minimum Gasteiger partial charge on any atom is -0.492 e. The molecule has 0 aliphatic heterocycles. The van der Waals surface area contributed by atoms with E-state index in [0.717, 1.165) is 24.4 Å². The van der Waals surface area contributed by atoms with Crippen LogP contribution >= 0.6 is 11.6 Å². The number of imidazole rings is 1. The van der Waals surface area contributed by atoms with Gasteiger partial charge in [-0.05, 0) is 30.7 Å². The number of benzene rings is 1. The SMILES string of the molecule is Cn1ccnc1CCC(COc1ccc(Cl)cc1)NN. The van der Waals surface area contributed by atoms with Crippen molar-refractivity contribution < 1.29 is 4.74 Å². The summed E-state index contributed by atoms with van der Waals surface area (Å²) in [6.45, 7) is 0.503. The lowest BCUT2D eigenvalue weighted by Crippen LogP contribution is -2.40. The van der Waals surface area contributed by atoms with E-state index >= 15 is 0 Å². The third-order valence-corrected chi connectivity index (χ3v) is 3.39. The van der Waals surface area contributed by atoms with Crippen LogP contribution in [0.1, 0.15) is 12.2 Å². The number of nitrogens with zero attached hydrogens (tertiary/aromatic N) is 2. The Morgan fingerprint density at radius 3 is 2.75 bits per heavy atom. The Morgan fingerprint density at radius 1 is 1.40 bits per heavy atom. The Labute approximate surface area is 123 Å². The molecule has 20 heavy (non-hydrogen) atoms. The van der Waals surface area contributed by atoms with Crippen molar-refractivity contribution in [2.24, 2.45) is 12.9 Å². The summed E-state index contributed by atoms with van der Waals surface area (Å²) in [7, 11) is 1.98. The molecule has 0 aliphatic carbocycles. The first kappa shape index (κ1) is 14.8. The van der Waals surface area contributed by atoms with Crippen LogP contribution in [0.3, 0.4) is 0 Å². The van der Waals surface area contributed by atoms with Crippen LogP contribution in [-0.4, -0.2) is 22.2 Å². The molecule has 108 valence electrons. The fourth-order valence-corrected chi connectivity index (χ4v) is 2.01. The minimum atomic E-state index is 0.0716. The first-order valence-electron chi connectivity index (χ1n) is 6.49. The predicted octanol–water partition coefficient (Wildman–Crippen LogP) is 1.92. The molecule has 1 atom stereocenters. The number of nitrogens with two attached hydrogens (primary N) is 1. The van der Waals surface area contributed by atoms with Gasteiger partial charge in [0.25, 0.3) is 0 Å². The highest BCUT2D eigenvalue weighted by molar-refractivity contribution is 6.30. The van der Waals surface area contributed by atoms with E-state index in [1.54, 1.807) is 18.3 Å². The van der Waals surface area contributed by atoms with E-state index in [4.69, 9.17) is 22.2 Å². The van der Waals surface area contributed by atoms with Gasteiger partial charge < -0.3 is 9.30 Å². The summed E-state index contributed by atoms with van der Waals surface area (Å²) in [6.07, 6.45) is 5.44. The number of hydrogen-bond acceptors (Lipinski definition) is 4. The van der Waals surface area contributed by atoms with Gasteiger partial charge in [0.05, 0.1) is 6.04 Å². The highest BCUT2D eigenvalue weighted by Gasteiger charge is 2.10. The Kier molecular flexibility index (Phi) is 5.40. The molecule has 5 nitrogen and oxygen atoms in total. The van der Waals surface area contributed by atoms with E-state index in [9.17, 15) is 0 Å². The number of halogens is 1. The minimum absolute atomic E-state index is 0.0716. The monoisotopic (exact) mass is 294 g/mol. The van der Waals surface area contributed by atoms with Gasteiger partial charge >= 0.3 is 0 Å². The molecule has 1 unspecified atom stereocenters. The smallest absolute Gasteiger partial charge is 0.119 e. The van der Waals surface area contributed by atoms with Gasteiger partial charge in [-0.25, -0.2) is 4.98 Å². The van der Waals surface area contributed by atoms with Gasteiger partial charge in [0.2, 0.25) is 0 Å². The second kappa shape index (κ2) is 7.28. The first-order valence-corrected chi connectivity index (χ1v) is 6.87. The van der Waals surface area contributed by atoms with Gasteiger partial charge in [-0.2, -0.15) is 0 Å². The van der Waals surface area contributed by atoms with Crippen molar-refractivity contribution >= 4 is 11.6 Å². The van der Waals surface area contributed by atoms with E-state index in [1.807, 2.05) is 29.9 Å². The Morgan fingerprint density at radius 2 is 2.15 bits per heavy atom. The fraction of sp³-hybridized carbons (Fsp3) is 0.357. The van der Waals surface area contributed by atoms with Crippen LogP contribution in [0.25, 0.3) is 0 Å². The van der Waals surface area contributed by atoms with E-state index in [-0.39, 0.29) is 6.04 Å². The van der Waals surface area contributed by atoms with Crippen LogP contribution < -0.4 is 16.0 Å². The van der Waals surface area contributed by atoms with Gasteiger partial charge in [-0.1, -0.05) is 11.6 Å². The molecule has 0 amide bonds. The molecule has 0 bridgehead atoms. The topological polar surface area (TPSA) is 65.1 Å². The number of aromatic nitrogens is 2. The molecule has 0 fully saturated rings. The third kappa shape index (κ3) is 4.23. The molecule has 0 spiro atoms. The van der Waals surface area contributed by atoms with Gasteiger partial charge in [-0.15, -0.1) is 0 Å². The maximum Gasteiger partial charge on any atom is 0.119 e. The summed E-state index contributed by atoms with van der Waals surface area (Å²) in [5.41, 5.74) is 2.78. The zero-order valence-electron chi connectivity index (χ0n) is 11.4. The summed E-state index contributed by atoms with van der Waals surface area (Å²) in [6, 6.07) is 7.36. The molecule has 1 aromatic heterocycles. The molecular weight excluding hydrogens is 276 g/mol. The summed E-state index contributed by atoms with van der Waals surface area (Å²) < 4.78 is 7.69. The molecule has 3 N–H and O–H groups in total. The van der Waals surface area contributed by atoms with Crippen LogP contribution in [0, 0.1) is 0 Å². The van der Waals surface area contributed by atoms with Gasteiger partial charge in [0.1, 0.15) is 18.2 Å². The lowest BCUT2D eigenvalue weighted by Gasteiger charge is -2.16. The molecule has 2 aromatic rings. The predicted molar refractivity (Wildman–Crippen MR) is 79.6 cm³/mol. The molecule has 0 radical (unpaired) electrons. The van der Waals surface area contributed by atoms with E-state index < -0.39 is 0 Å². The van der Waals surface area contributed by atoms with Crippen molar-refractivity contribution in [1.29, 1.82) is 0 Å². The van der Waals surface area contributed by atoms with Crippen molar-refractivity contribution in [2.45, 2.75) is 18.9 Å². The van der Waals surface area contributed by atoms with Crippen LogP contribution in [0.15, 0.2) is 36.7 Å². The molecule has 1 aromatic carbocycles. The van der Waals surface area contributed by atoms with Crippen molar-refractivity contribution in [3.63, 3.8) is 0 Å². The zero-order chi connectivity index (χ0) is 14.4. The standard InChI is InChI=1S/C14H19ClN4O/c1-19-9-8-17-14(19)7-4-12(18-16)10-20-13-5-2-11(15)3-6-13/h2-3,5-6,8-9,12,18H,4,7,10,16H2,1H3. The summed E-state index contributed by atoms with van der Waals surface area (Å²) >= 11 is 5.83. The van der Waals surface area contributed by atoms with E-state index in [1.165, 1.54) is 0 Å². The summed E-state index contributed by atoms with van der Waals surface area (Å²) in [5, 5.41) is 0.695. The Balaban J connectivity index is 1.80.